The number of hydrogen-bond donors (Lipinski definition) is 1. The van der Waals surface area contributed by atoms with E-state index in [9.17, 15) is 22.8 Å². The highest BCUT2D eigenvalue weighted by atomic mass is 19.4. The van der Waals surface area contributed by atoms with Crippen LogP contribution in [0.3, 0.4) is 0 Å². The Balaban J connectivity index is 2.26. The highest BCUT2D eigenvalue weighted by Gasteiger charge is 2.43. The van der Waals surface area contributed by atoms with Gasteiger partial charge in [-0.15, -0.1) is 0 Å². The highest BCUT2D eigenvalue weighted by Crippen LogP contribution is 2.23. The zero-order valence-electron chi connectivity index (χ0n) is 8.94. The summed E-state index contributed by atoms with van der Waals surface area (Å²) < 4.78 is 38.2. The summed E-state index contributed by atoms with van der Waals surface area (Å²) in [6.07, 6.45) is -3.71. The van der Waals surface area contributed by atoms with Crippen molar-refractivity contribution in [2.75, 3.05) is 6.54 Å². The molecule has 9 heteroatoms. The second-order valence-corrected chi connectivity index (χ2v) is 3.76. The van der Waals surface area contributed by atoms with Gasteiger partial charge < -0.3 is 14.6 Å². The number of carboxylic acid groups (broad SMARTS) is 1. The maximum Gasteiger partial charge on any atom is 0.471 e. The van der Waals surface area contributed by atoms with Gasteiger partial charge in [0.2, 0.25) is 0 Å². The van der Waals surface area contributed by atoms with Crippen molar-refractivity contribution in [1.82, 2.24) is 14.5 Å². The molecule has 1 aromatic rings. The van der Waals surface area contributed by atoms with E-state index in [1.54, 1.807) is 0 Å². The van der Waals surface area contributed by atoms with Crippen molar-refractivity contribution in [3.05, 3.63) is 17.7 Å². The van der Waals surface area contributed by atoms with Crippen LogP contribution in [-0.4, -0.2) is 44.2 Å². The van der Waals surface area contributed by atoms with Crippen LogP contribution in [0.2, 0.25) is 0 Å². The molecule has 0 aliphatic carbocycles. The smallest absolute Gasteiger partial charge is 0.471 e. The summed E-state index contributed by atoms with van der Waals surface area (Å²) in [5.74, 6) is -3.30. The van der Waals surface area contributed by atoms with Gasteiger partial charge in [0, 0.05) is 13.1 Å². The molecule has 1 aromatic heterocycles. The summed E-state index contributed by atoms with van der Waals surface area (Å²) in [6.45, 7) is -0.432. The van der Waals surface area contributed by atoms with Crippen molar-refractivity contribution in [2.45, 2.75) is 19.3 Å². The van der Waals surface area contributed by atoms with E-state index < -0.39 is 24.6 Å². The number of carboxylic acids is 1. The molecule has 0 unspecified atom stereocenters. The van der Waals surface area contributed by atoms with Crippen LogP contribution in [0.1, 0.15) is 16.2 Å². The molecule has 0 atom stereocenters. The van der Waals surface area contributed by atoms with E-state index in [4.69, 9.17) is 5.11 Å². The number of amides is 1. The molecule has 0 fully saturated rings. The maximum atomic E-state index is 12.3. The third-order valence-corrected chi connectivity index (χ3v) is 2.63. The Morgan fingerprint density at radius 1 is 1.33 bits per heavy atom. The van der Waals surface area contributed by atoms with Crippen LogP contribution in [0.15, 0.2) is 6.33 Å². The normalized spacial score (nSPS) is 15.4. The first kappa shape index (κ1) is 12.4. The van der Waals surface area contributed by atoms with Gasteiger partial charge in [-0.05, 0) is 0 Å². The fourth-order valence-electron chi connectivity index (χ4n) is 1.79. The molecule has 0 saturated heterocycles. The maximum absolute atomic E-state index is 12.3. The lowest BCUT2D eigenvalue weighted by Crippen LogP contribution is -2.45. The van der Waals surface area contributed by atoms with Crippen molar-refractivity contribution in [3.8, 4) is 0 Å². The Morgan fingerprint density at radius 2 is 2.00 bits per heavy atom. The Hall–Kier alpha value is -2.06. The van der Waals surface area contributed by atoms with E-state index >= 15 is 0 Å². The fraction of sp³-hybridized carbons (Fsp3) is 0.444. The van der Waals surface area contributed by atoms with Gasteiger partial charge in [0.05, 0.1) is 18.6 Å². The monoisotopic (exact) mass is 263 g/mol. The van der Waals surface area contributed by atoms with E-state index in [-0.39, 0.29) is 24.5 Å². The average Bonchev–Trinajstić information content (AvgIpc) is 2.69. The predicted octanol–water partition coefficient (Wildman–Crippen LogP) is 0.486. The van der Waals surface area contributed by atoms with Crippen LogP contribution >= 0.6 is 0 Å². The van der Waals surface area contributed by atoms with Crippen LogP contribution in [0.25, 0.3) is 0 Å². The molecule has 18 heavy (non-hydrogen) atoms. The van der Waals surface area contributed by atoms with Crippen LogP contribution in [-0.2, 0) is 17.9 Å². The molecule has 98 valence electrons. The first-order valence-electron chi connectivity index (χ1n) is 4.94. The summed E-state index contributed by atoms with van der Waals surface area (Å²) in [6, 6.07) is 0. The number of aromatic carboxylic acids is 1. The molecule has 0 spiro atoms. The standard InChI is InChI=1S/C9H8F3N3O3/c10-9(11,12)8(18)14-1-2-15-4-13-6(7(16)17)5(15)3-14/h4H,1-3H2,(H,16,17). The summed E-state index contributed by atoms with van der Waals surface area (Å²) in [7, 11) is 0. The van der Waals surface area contributed by atoms with Gasteiger partial charge in [-0.25, -0.2) is 9.78 Å². The molecule has 2 rings (SSSR count). The number of alkyl halides is 3. The molecular formula is C9H8F3N3O3. The molecular weight excluding hydrogens is 255 g/mol. The zero-order valence-corrected chi connectivity index (χ0v) is 8.94. The number of fused-ring (bicyclic) bond motifs is 1. The van der Waals surface area contributed by atoms with E-state index in [2.05, 4.69) is 4.98 Å². The van der Waals surface area contributed by atoms with Gasteiger partial charge in [0.15, 0.2) is 5.69 Å². The van der Waals surface area contributed by atoms with E-state index in [0.717, 1.165) is 0 Å². The lowest BCUT2D eigenvalue weighted by Gasteiger charge is -2.28. The molecule has 1 N–H and O–H groups in total. The van der Waals surface area contributed by atoms with Crippen molar-refractivity contribution in [1.29, 1.82) is 0 Å². The van der Waals surface area contributed by atoms with Crippen molar-refractivity contribution in [3.63, 3.8) is 0 Å². The quantitative estimate of drug-likeness (QED) is 0.799. The van der Waals surface area contributed by atoms with Crippen LogP contribution in [0, 0.1) is 0 Å². The number of rotatable bonds is 1. The van der Waals surface area contributed by atoms with Crippen molar-refractivity contribution in [2.24, 2.45) is 0 Å². The SMILES string of the molecule is O=C(O)c1ncn2c1CN(C(=O)C(F)(F)F)CC2. The van der Waals surface area contributed by atoms with Crippen LogP contribution in [0.5, 0.6) is 0 Å². The fourth-order valence-corrected chi connectivity index (χ4v) is 1.79. The minimum atomic E-state index is -4.95. The van der Waals surface area contributed by atoms with Crippen molar-refractivity contribution >= 4 is 11.9 Å². The Labute approximate surface area is 98.6 Å². The molecule has 0 aromatic carbocycles. The number of hydrogen-bond acceptors (Lipinski definition) is 3. The molecule has 1 aliphatic rings. The lowest BCUT2D eigenvalue weighted by molar-refractivity contribution is -0.186. The van der Waals surface area contributed by atoms with Crippen LogP contribution < -0.4 is 0 Å². The molecule has 2 heterocycles. The third kappa shape index (κ3) is 2.03. The van der Waals surface area contributed by atoms with Gasteiger partial charge in [0.1, 0.15) is 0 Å². The number of halogens is 3. The van der Waals surface area contributed by atoms with Crippen molar-refractivity contribution < 1.29 is 27.9 Å². The van der Waals surface area contributed by atoms with Gasteiger partial charge in [-0.1, -0.05) is 0 Å². The Morgan fingerprint density at radius 3 is 2.56 bits per heavy atom. The van der Waals surface area contributed by atoms with Crippen LogP contribution in [0.4, 0.5) is 13.2 Å². The zero-order chi connectivity index (χ0) is 13.5. The molecule has 6 nitrogen and oxygen atoms in total. The molecule has 0 radical (unpaired) electrons. The predicted molar refractivity (Wildman–Crippen MR) is 50.7 cm³/mol. The summed E-state index contributed by atoms with van der Waals surface area (Å²) in [5.41, 5.74) is -0.221. The van der Waals surface area contributed by atoms with Gasteiger partial charge in [-0.2, -0.15) is 13.2 Å². The molecule has 1 aliphatic heterocycles. The minimum absolute atomic E-state index is 0.0947. The number of imidazole rings is 1. The largest absolute Gasteiger partial charge is 0.476 e. The Bertz CT molecular complexity index is 509. The number of carbonyl (C=O) groups excluding carboxylic acids is 1. The second kappa shape index (κ2) is 4.00. The summed E-state index contributed by atoms with van der Waals surface area (Å²) in [4.78, 5) is 26.0. The highest BCUT2D eigenvalue weighted by molar-refractivity contribution is 5.87. The average molecular weight is 263 g/mol. The topological polar surface area (TPSA) is 75.4 Å². The first-order valence-corrected chi connectivity index (χ1v) is 4.94. The Kier molecular flexibility index (Phi) is 2.76. The number of nitrogens with zero attached hydrogens (tertiary/aromatic N) is 3. The van der Waals surface area contributed by atoms with E-state index in [0.29, 0.717) is 4.90 Å². The molecule has 1 amide bonds. The van der Waals surface area contributed by atoms with E-state index in [1.165, 1.54) is 10.9 Å². The number of aromatic nitrogens is 2. The van der Waals surface area contributed by atoms with E-state index in [1.807, 2.05) is 0 Å². The first-order chi connectivity index (χ1) is 8.30. The van der Waals surface area contributed by atoms with Gasteiger partial charge in [-0.3, -0.25) is 4.79 Å². The summed E-state index contributed by atoms with van der Waals surface area (Å²) in [5, 5.41) is 8.81. The molecule has 0 bridgehead atoms. The van der Waals surface area contributed by atoms with Gasteiger partial charge in [0.25, 0.3) is 0 Å². The number of carbonyl (C=O) groups is 2. The van der Waals surface area contributed by atoms with Gasteiger partial charge >= 0.3 is 18.1 Å². The second-order valence-electron chi connectivity index (χ2n) is 3.76. The summed E-state index contributed by atoms with van der Waals surface area (Å²) >= 11 is 0. The lowest BCUT2D eigenvalue weighted by atomic mass is 10.2. The molecule has 0 saturated carbocycles. The minimum Gasteiger partial charge on any atom is -0.476 e. The third-order valence-electron chi connectivity index (χ3n) is 2.63.